The van der Waals surface area contributed by atoms with Crippen molar-refractivity contribution in [2.24, 2.45) is 46.3 Å². The lowest BCUT2D eigenvalue weighted by atomic mass is 9.48. The van der Waals surface area contributed by atoms with Crippen molar-refractivity contribution in [3.63, 3.8) is 0 Å². The fourth-order valence-corrected chi connectivity index (χ4v) is 9.52. The number of aliphatic hydroxyl groups excluding tert-OH is 1. The molecule has 0 aromatic heterocycles. The molecule has 0 unspecified atom stereocenters. The highest BCUT2D eigenvalue weighted by Gasteiger charge is 2.67. The molecular weight excluding hydrogens is 372 g/mol. The van der Waals surface area contributed by atoms with Crippen molar-refractivity contribution in [1.82, 2.24) is 0 Å². The fraction of sp³-hybridized carbons (Fsp3) is 0.926. The Labute approximate surface area is 183 Å². The summed E-state index contributed by atoms with van der Waals surface area (Å²) in [4.78, 5) is 0. The molecule has 0 aromatic rings. The van der Waals surface area contributed by atoms with Crippen LogP contribution in [0.1, 0.15) is 85.5 Å². The summed E-state index contributed by atoms with van der Waals surface area (Å²) < 4.78 is 13.3. The van der Waals surface area contributed by atoms with Gasteiger partial charge in [0.2, 0.25) is 0 Å². The van der Waals surface area contributed by atoms with Crippen molar-refractivity contribution in [3.8, 4) is 0 Å². The molecule has 30 heavy (non-hydrogen) atoms. The Morgan fingerprint density at radius 3 is 2.63 bits per heavy atom. The summed E-state index contributed by atoms with van der Waals surface area (Å²) in [5.41, 5.74) is 2.46. The van der Waals surface area contributed by atoms with Gasteiger partial charge < -0.3 is 14.6 Å². The van der Waals surface area contributed by atoms with Gasteiger partial charge in [-0.25, -0.2) is 0 Å². The monoisotopic (exact) mass is 414 g/mol. The van der Waals surface area contributed by atoms with Crippen molar-refractivity contribution in [1.29, 1.82) is 0 Å². The number of aliphatic hydroxyl groups is 1. The molecule has 2 saturated heterocycles. The van der Waals surface area contributed by atoms with Crippen molar-refractivity contribution in [2.45, 2.75) is 103 Å². The number of hydrogen-bond acceptors (Lipinski definition) is 3. The zero-order valence-electron chi connectivity index (χ0n) is 19.5. The van der Waals surface area contributed by atoms with Gasteiger partial charge in [0.25, 0.3) is 0 Å². The lowest BCUT2D eigenvalue weighted by molar-refractivity contribution is -0.272. The third-order valence-electron chi connectivity index (χ3n) is 11.3. The molecule has 3 nitrogen and oxygen atoms in total. The Kier molecular flexibility index (Phi) is 4.44. The zero-order chi connectivity index (χ0) is 20.9. The number of fused-ring (bicyclic) bond motifs is 7. The van der Waals surface area contributed by atoms with Crippen molar-refractivity contribution >= 4 is 0 Å². The number of rotatable bonds is 0. The third kappa shape index (κ3) is 2.55. The molecule has 3 saturated carbocycles. The van der Waals surface area contributed by atoms with Crippen LogP contribution in [0.15, 0.2) is 11.6 Å². The number of ether oxygens (including phenoxy) is 2. The van der Waals surface area contributed by atoms with E-state index in [1.165, 1.54) is 38.5 Å². The van der Waals surface area contributed by atoms with Crippen LogP contribution in [-0.4, -0.2) is 29.7 Å². The van der Waals surface area contributed by atoms with Crippen molar-refractivity contribution in [3.05, 3.63) is 11.6 Å². The van der Waals surface area contributed by atoms with Gasteiger partial charge in [-0.2, -0.15) is 0 Å². The molecule has 2 aliphatic heterocycles. The molecule has 168 valence electrons. The second-order valence-corrected chi connectivity index (χ2v) is 12.7. The molecule has 6 rings (SSSR count). The molecule has 1 spiro atoms. The van der Waals surface area contributed by atoms with E-state index in [1.807, 2.05) is 0 Å². The van der Waals surface area contributed by atoms with Crippen LogP contribution >= 0.6 is 0 Å². The quantitative estimate of drug-likeness (QED) is 0.516. The molecule has 4 aliphatic carbocycles. The van der Waals surface area contributed by atoms with E-state index in [9.17, 15) is 5.11 Å². The first-order valence-corrected chi connectivity index (χ1v) is 13.0. The van der Waals surface area contributed by atoms with Gasteiger partial charge in [0.1, 0.15) is 0 Å². The predicted molar refractivity (Wildman–Crippen MR) is 118 cm³/mol. The first-order valence-electron chi connectivity index (χ1n) is 13.0. The Balaban J connectivity index is 1.30. The number of allylic oxidation sites excluding steroid dienone is 2. The minimum atomic E-state index is -0.303. The van der Waals surface area contributed by atoms with Gasteiger partial charge in [0.05, 0.1) is 18.8 Å². The van der Waals surface area contributed by atoms with E-state index in [2.05, 4.69) is 33.8 Å². The van der Waals surface area contributed by atoms with E-state index < -0.39 is 0 Å². The summed E-state index contributed by atoms with van der Waals surface area (Å²) in [6.07, 6.45) is 13.6. The second kappa shape index (κ2) is 6.58. The second-order valence-electron chi connectivity index (χ2n) is 12.7. The van der Waals surface area contributed by atoms with Gasteiger partial charge >= 0.3 is 0 Å². The molecule has 0 amide bonds. The molecule has 0 aromatic carbocycles. The van der Waals surface area contributed by atoms with Crippen LogP contribution in [0.5, 0.6) is 0 Å². The molecule has 0 radical (unpaired) electrons. The zero-order valence-corrected chi connectivity index (χ0v) is 19.5. The van der Waals surface area contributed by atoms with Gasteiger partial charge in [0.15, 0.2) is 5.79 Å². The standard InChI is InChI=1S/C27H42O3/c1-16-7-12-27(29-15-16)17(2)24-23(30-27)14-22-20-6-5-18-13-19(28)8-10-25(18,3)21(20)9-11-26(22,24)4/h9,16-20,22-24,28H,5-8,10-15H2,1-4H3/t16-,17-,18+,19-,20-,22-,23-,24+,25+,26+,27+/m1/s1. The normalized spacial score (nSPS) is 59.8. The van der Waals surface area contributed by atoms with Crippen LogP contribution in [0.25, 0.3) is 0 Å². The number of hydrogen-bond donors (Lipinski definition) is 1. The van der Waals surface area contributed by atoms with Gasteiger partial charge in [-0.3, -0.25) is 0 Å². The average molecular weight is 415 g/mol. The van der Waals surface area contributed by atoms with Crippen LogP contribution in [-0.2, 0) is 9.47 Å². The largest absolute Gasteiger partial charge is 0.393 e. The van der Waals surface area contributed by atoms with E-state index in [0.29, 0.717) is 40.6 Å². The lowest BCUT2D eigenvalue weighted by Crippen LogP contribution is -2.50. The Morgan fingerprint density at radius 2 is 1.87 bits per heavy atom. The van der Waals surface area contributed by atoms with Gasteiger partial charge in [0, 0.05) is 12.3 Å². The van der Waals surface area contributed by atoms with Crippen LogP contribution in [0.3, 0.4) is 0 Å². The molecule has 2 heterocycles. The van der Waals surface area contributed by atoms with Gasteiger partial charge in [-0.15, -0.1) is 0 Å². The summed E-state index contributed by atoms with van der Waals surface area (Å²) in [5.74, 6) is 3.68. The SMILES string of the molecule is C[C@@H]1CC[C@]2(OC1)O[C@@H]1C[C@@H]3[C@@H]4CC[C@H]5C[C@H](O)CC[C@]5(C)C4=CC[C@]3(C)[C@H]1[C@H]2C. The first-order chi connectivity index (χ1) is 14.3. The van der Waals surface area contributed by atoms with Crippen LogP contribution in [0, 0.1) is 46.3 Å². The fourth-order valence-electron chi connectivity index (χ4n) is 9.52. The van der Waals surface area contributed by atoms with E-state index in [4.69, 9.17) is 9.47 Å². The maximum atomic E-state index is 10.3. The van der Waals surface area contributed by atoms with Crippen LogP contribution in [0.2, 0.25) is 0 Å². The summed E-state index contributed by atoms with van der Waals surface area (Å²) in [7, 11) is 0. The highest BCUT2D eigenvalue weighted by molar-refractivity contribution is 5.30. The van der Waals surface area contributed by atoms with Crippen molar-refractivity contribution in [2.75, 3.05) is 6.61 Å². The Bertz CT molecular complexity index is 736. The van der Waals surface area contributed by atoms with Crippen molar-refractivity contribution < 1.29 is 14.6 Å². The molecule has 6 aliphatic rings. The molecule has 3 heteroatoms. The van der Waals surface area contributed by atoms with Gasteiger partial charge in [-0.05, 0) is 91.8 Å². The van der Waals surface area contributed by atoms with Gasteiger partial charge in [-0.1, -0.05) is 39.3 Å². The van der Waals surface area contributed by atoms with E-state index in [-0.39, 0.29) is 11.9 Å². The maximum absolute atomic E-state index is 10.3. The van der Waals surface area contributed by atoms with E-state index in [0.717, 1.165) is 37.7 Å². The maximum Gasteiger partial charge on any atom is 0.171 e. The Hall–Kier alpha value is -0.380. The summed E-state index contributed by atoms with van der Waals surface area (Å²) >= 11 is 0. The first kappa shape index (κ1) is 20.2. The summed E-state index contributed by atoms with van der Waals surface area (Å²) in [6.45, 7) is 10.7. The minimum absolute atomic E-state index is 0.0661. The topological polar surface area (TPSA) is 38.7 Å². The molecule has 0 bridgehead atoms. The molecule has 5 fully saturated rings. The van der Waals surface area contributed by atoms with E-state index in [1.54, 1.807) is 5.57 Å². The lowest BCUT2D eigenvalue weighted by Gasteiger charge is -2.57. The minimum Gasteiger partial charge on any atom is -0.393 e. The molecular formula is C27H42O3. The highest BCUT2D eigenvalue weighted by atomic mass is 16.7. The molecule has 1 N–H and O–H groups in total. The smallest absolute Gasteiger partial charge is 0.171 e. The highest BCUT2D eigenvalue weighted by Crippen LogP contribution is 2.69. The van der Waals surface area contributed by atoms with E-state index >= 15 is 0 Å². The summed E-state index contributed by atoms with van der Waals surface area (Å²) in [6, 6.07) is 0. The van der Waals surface area contributed by atoms with Crippen LogP contribution < -0.4 is 0 Å². The third-order valence-corrected chi connectivity index (χ3v) is 11.3. The Morgan fingerprint density at radius 1 is 1.03 bits per heavy atom. The van der Waals surface area contributed by atoms with Crippen LogP contribution in [0.4, 0.5) is 0 Å². The predicted octanol–water partition coefficient (Wildman–Crippen LogP) is 5.71. The molecule has 11 atom stereocenters. The average Bonchev–Trinajstić information content (AvgIpc) is 3.16. The summed E-state index contributed by atoms with van der Waals surface area (Å²) in [5, 5.41) is 10.3.